The van der Waals surface area contributed by atoms with Crippen LogP contribution in [-0.2, 0) is 9.59 Å². The summed E-state index contributed by atoms with van der Waals surface area (Å²) < 4.78 is 6.63. The van der Waals surface area contributed by atoms with E-state index >= 15 is 0 Å². The third kappa shape index (κ3) is 4.07. The van der Waals surface area contributed by atoms with Gasteiger partial charge in [-0.25, -0.2) is 4.98 Å². The van der Waals surface area contributed by atoms with Crippen LogP contribution in [0.15, 0.2) is 85.0 Å². The molecule has 1 aliphatic heterocycles. The van der Waals surface area contributed by atoms with Crippen LogP contribution in [0.4, 0.5) is 5.13 Å². The number of hydrogen-bond acceptors (Lipinski definition) is 6. The Morgan fingerprint density at radius 3 is 2.64 bits per heavy atom. The molecule has 4 aromatic rings. The first kappa shape index (κ1) is 23.5. The highest BCUT2D eigenvalue weighted by Crippen LogP contribution is 2.45. The Kier molecular flexibility index (Phi) is 6.16. The minimum absolute atomic E-state index is 0.0132. The molecule has 0 spiro atoms. The lowest BCUT2D eigenvalue weighted by Crippen LogP contribution is -2.29. The van der Waals surface area contributed by atoms with Gasteiger partial charge in [0.15, 0.2) is 5.13 Å². The number of carbonyl (C=O) groups is 2. The molecule has 0 radical (unpaired) electrons. The Labute approximate surface area is 212 Å². The number of aromatic nitrogens is 1. The maximum absolute atomic E-state index is 13.5. The van der Waals surface area contributed by atoms with Crippen molar-refractivity contribution in [2.24, 2.45) is 0 Å². The number of carbonyl (C=O) groups excluding carboxylic acids is 2. The molecule has 36 heavy (non-hydrogen) atoms. The number of benzene rings is 3. The van der Waals surface area contributed by atoms with Crippen molar-refractivity contribution < 1.29 is 19.4 Å². The van der Waals surface area contributed by atoms with Crippen molar-refractivity contribution in [3.63, 3.8) is 0 Å². The second kappa shape index (κ2) is 9.43. The number of anilines is 1. The molecule has 7 heteroatoms. The van der Waals surface area contributed by atoms with Crippen LogP contribution >= 0.6 is 11.3 Å². The Hall–Kier alpha value is -4.23. The van der Waals surface area contributed by atoms with Crippen LogP contribution in [0.25, 0.3) is 16.0 Å². The zero-order valence-electron chi connectivity index (χ0n) is 19.9. The van der Waals surface area contributed by atoms with Gasteiger partial charge in [0, 0.05) is 5.56 Å². The van der Waals surface area contributed by atoms with Gasteiger partial charge in [-0.1, -0.05) is 72.5 Å². The van der Waals surface area contributed by atoms with Crippen molar-refractivity contribution in [1.82, 2.24) is 4.98 Å². The van der Waals surface area contributed by atoms with Gasteiger partial charge in [0.05, 0.1) is 21.8 Å². The number of rotatable bonds is 6. The predicted octanol–water partition coefficient (Wildman–Crippen LogP) is 6.10. The summed E-state index contributed by atoms with van der Waals surface area (Å²) in [5, 5.41) is 11.7. The first-order valence-corrected chi connectivity index (χ1v) is 12.3. The summed E-state index contributed by atoms with van der Waals surface area (Å²) in [6, 6.07) is 19.1. The fraction of sp³-hybridized carbons (Fsp3) is 0.138. The summed E-state index contributed by atoms with van der Waals surface area (Å²) in [5.74, 6) is -1.16. The molecule has 1 aromatic heterocycles. The van der Waals surface area contributed by atoms with Gasteiger partial charge in [-0.2, -0.15) is 0 Å². The first-order valence-electron chi connectivity index (χ1n) is 11.5. The highest BCUT2D eigenvalue weighted by atomic mass is 32.1. The van der Waals surface area contributed by atoms with E-state index in [0.717, 1.165) is 21.3 Å². The number of aryl methyl sites for hydroxylation is 2. The molecule has 1 saturated heterocycles. The van der Waals surface area contributed by atoms with E-state index in [9.17, 15) is 14.7 Å². The van der Waals surface area contributed by atoms with E-state index in [2.05, 4.69) is 6.58 Å². The minimum Gasteiger partial charge on any atom is -0.507 e. The fourth-order valence-corrected chi connectivity index (χ4v) is 5.66. The van der Waals surface area contributed by atoms with Gasteiger partial charge in [0.25, 0.3) is 5.78 Å². The topological polar surface area (TPSA) is 79.7 Å². The number of fused-ring (bicyclic) bond motifs is 1. The number of aliphatic hydroxyl groups excluding tert-OH is 1. The number of Topliss-reactive ketones (excluding diaryl/α,β-unsaturated/α-hetero) is 1. The van der Waals surface area contributed by atoms with Gasteiger partial charge in [-0.15, -0.1) is 0 Å². The molecule has 0 saturated carbocycles. The summed E-state index contributed by atoms with van der Waals surface area (Å²) in [7, 11) is 0. The van der Waals surface area contributed by atoms with Crippen LogP contribution in [0.3, 0.4) is 0 Å². The van der Waals surface area contributed by atoms with Crippen molar-refractivity contribution in [2.45, 2.75) is 19.9 Å². The highest BCUT2D eigenvalue weighted by Gasteiger charge is 2.48. The molecule has 180 valence electrons. The van der Waals surface area contributed by atoms with E-state index < -0.39 is 17.7 Å². The molecule has 1 aliphatic rings. The SMILES string of the molecule is C=CCOc1cccc(C2C(=C(O)c3ccccc3)C(=O)C(=O)N2c2nc3c(C)cc(C)cc3s2)c1. The van der Waals surface area contributed by atoms with Gasteiger partial charge >= 0.3 is 5.91 Å². The molecule has 1 atom stereocenters. The summed E-state index contributed by atoms with van der Waals surface area (Å²) >= 11 is 1.35. The second-order valence-corrected chi connectivity index (χ2v) is 9.64. The average molecular weight is 497 g/mol. The molecule has 1 unspecified atom stereocenters. The van der Waals surface area contributed by atoms with E-state index in [1.807, 2.05) is 38.1 Å². The van der Waals surface area contributed by atoms with E-state index in [-0.39, 0.29) is 11.3 Å². The molecule has 6 nitrogen and oxygen atoms in total. The minimum atomic E-state index is -0.876. The largest absolute Gasteiger partial charge is 0.507 e. The van der Waals surface area contributed by atoms with E-state index in [1.165, 1.54) is 16.2 Å². The van der Waals surface area contributed by atoms with Crippen LogP contribution in [0, 0.1) is 13.8 Å². The Morgan fingerprint density at radius 2 is 1.89 bits per heavy atom. The number of ether oxygens (including phenoxy) is 1. The van der Waals surface area contributed by atoms with Gasteiger partial charge < -0.3 is 9.84 Å². The molecule has 3 aromatic carbocycles. The number of aliphatic hydroxyl groups is 1. The lowest BCUT2D eigenvalue weighted by atomic mass is 9.95. The standard InChI is InChI=1S/C29H24N2O4S/c1-4-13-35-21-12-8-11-20(16-21)25-23(26(32)19-9-6-5-7-10-19)27(33)28(34)31(25)29-30-24-18(3)14-17(2)15-22(24)36-29/h4-12,14-16,25,32H,1,13H2,2-3H3. The van der Waals surface area contributed by atoms with Gasteiger partial charge in [0.1, 0.15) is 18.1 Å². The molecule has 5 rings (SSSR count). The van der Waals surface area contributed by atoms with Crippen LogP contribution < -0.4 is 9.64 Å². The van der Waals surface area contributed by atoms with Crippen molar-refractivity contribution in [3.05, 3.63) is 107 Å². The van der Waals surface area contributed by atoms with E-state index in [4.69, 9.17) is 9.72 Å². The number of ketones is 1. The van der Waals surface area contributed by atoms with E-state index in [0.29, 0.717) is 28.6 Å². The zero-order valence-corrected chi connectivity index (χ0v) is 20.7. The predicted molar refractivity (Wildman–Crippen MR) is 142 cm³/mol. The van der Waals surface area contributed by atoms with Crippen LogP contribution in [-0.4, -0.2) is 28.4 Å². The maximum atomic E-state index is 13.5. The fourth-order valence-electron chi connectivity index (χ4n) is 4.49. The smallest absolute Gasteiger partial charge is 0.301 e. The third-order valence-electron chi connectivity index (χ3n) is 6.06. The molecule has 0 bridgehead atoms. The number of thiazole rings is 1. The zero-order chi connectivity index (χ0) is 25.4. The van der Waals surface area contributed by atoms with Crippen LogP contribution in [0.5, 0.6) is 5.75 Å². The van der Waals surface area contributed by atoms with E-state index in [1.54, 1.807) is 48.5 Å². The average Bonchev–Trinajstić information content (AvgIpc) is 3.41. The Morgan fingerprint density at radius 1 is 1.11 bits per heavy atom. The Balaban J connectivity index is 1.73. The third-order valence-corrected chi connectivity index (χ3v) is 7.06. The van der Waals surface area contributed by atoms with Crippen molar-refractivity contribution in [2.75, 3.05) is 11.5 Å². The molecule has 0 aliphatic carbocycles. The first-order chi connectivity index (χ1) is 17.4. The lowest BCUT2D eigenvalue weighted by molar-refractivity contribution is -0.132. The monoisotopic (exact) mass is 496 g/mol. The van der Waals surface area contributed by atoms with Gasteiger partial charge in [-0.3, -0.25) is 14.5 Å². The van der Waals surface area contributed by atoms with Crippen LogP contribution in [0.1, 0.15) is 28.3 Å². The summed E-state index contributed by atoms with van der Waals surface area (Å²) in [4.78, 5) is 33.0. The quantitative estimate of drug-likeness (QED) is 0.151. The van der Waals surface area contributed by atoms with Gasteiger partial charge in [-0.05, 0) is 48.7 Å². The molecular formula is C29H24N2O4S. The molecule has 1 fully saturated rings. The summed E-state index contributed by atoms with van der Waals surface area (Å²) in [5.41, 5.74) is 3.96. The van der Waals surface area contributed by atoms with Crippen molar-refractivity contribution in [3.8, 4) is 5.75 Å². The second-order valence-electron chi connectivity index (χ2n) is 8.63. The normalized spacial score (nSPS) is 17.1. The molecule has 1 amide bonds. The molecular weight excluding hydrogens is 472 g/mol. The number of amides is 1. The number of hydrogen-bond donors (Lipinski definition) is 1. The Bertz CT molecular complexity index is 1540. The van der Waals surface area contributed by atoms with Crippen LogP contribution in [0.2, 0.25) is 0 Å². The highest BCUT2D eigenvalue weighted by molar-refractivity contribution is 7.22. The van der Waals surface area contributed by atoms with Crippen molar-refractivity contribution >= 4 is 44.1 Å². The molecule has 2 heterocycles. The lowest BCUT2D eigenvalue weighted by Gasteiger charge is -2.23. The molecule has 1 N–H and O–H groups in total. The maximum Gasteiger partial charge on any atom is 0.301 e. The number of nitrogens with zero attached hydrogens (tertiary/aromatic N) is 2. The summed E-state index contributed by atoms with van der Waals surface area (Å²) in [6.45, 7) is 7.97. The summed E-state index contributed by atoms with van der Waals surface area (Å²) in [6.07, 6.45) is 1.64. The van der Waals surface area contributed by atoms with Crippen molar-refractivity contribution in [1.29, 1.82) is 0 Å². The van der Waals surface area contributed by atoms with Gasteiger partial charge in [0.2, 0.25) is 0 Å².